The molecule has 138 valence electrons. The molecule has 0 N–H and O–H groups in total. The number of esters is 1. The number of rotatable bonds is 3. The van der Waals surface area contributed by atoms with Crippen LogP contribution in [0.2, 0.25) is 0 Å². The highest BCUT2D eigenvalue weighted by Crippen LogP contribution is 2.45. The Morgan fingerprint density at radius 3 is 2.56 bits per heavy atom. The number of aromatic nitrogens is 1. The number of nitrogens with zero attached hydrogens (tertiary/aromatic N) is 1. The largest absolute Gasteiger partial charge is 0.493 e. The summed E-state index contributed by atoms with van der Waals surface area (Å²) in [5, 5.41) is 0.731. The van der Waals surface area contributed by atoms with E-state index >= 15 is 0 Å². The van der Waals surface area contributed by atoms with Crippen molar-refractivity contribution in [1.29, 1.82) is 0 Å². The minimum atomic E-state index is -0.477. The molecule has 0 fully saturated rings. The monoisotopic (exact) mass is 365 g/mol. The van der Waals surface area contributed by atoms with Gasteiger partial charge in [-0.25, -0.2) is 0 Å². The highest BCUT2D eigenvalue weighted by atomic mass is 16.5. The molecule has 6 nitrogen and oxygen atoms in total. The second-order valence-corrected chi connectivity index (χ2v) is 6.44. The molecule has 6 heteroatoms. The molecule has 0 spiro atoms. The van der Waals surface area contributed by atoms with Crippen LogP contribution in [0.1, 0.15) is 23.5 Å². The van der Waals surface area contributed by atoms with Gasteiger partial charge < -0.3 is 18.8 Å². The van der Waals surface area contributed by atoms with E-state index in [1.807, 2.05) is 36.4 Å². The summed E-state index contributed by atoms with van der Waals surface area (Å²) in [7, 11) is 4.82. The van der Waals surface area contributed by atoms with Gasteiger partial charge in [-0.2, -0.15) is 0 Å². The van der Waals surface area contributed by atoms with Crippen LogP contribution in [0.4, 0.5) is 0 Å². The van der Waals surface area contributed by atoms with Crippen LogP contribution < -0.4 is 19.8 Å². The van der Waals surface area contributed by atoms with Gasteiger partial charge in [-0.15, -0.1) is 0 Å². The average Bonchev–Trinajstić information content (AvgIpc) is 2.70. The zero-order valence-corrected chi connectivity index (χ0v) is 15.3. The Labute approximate surface area is 155 Å². The second-order valence-electron chi connectivity index (χ2n) is 6.44. The third-order valence-corrected chi connectivity index (χ3v) is 5.03. The summed E-state index contributed by atoms with van der Waals surface area (Å²) in [5.74, 6) is 0.541. The lowest BCUT2D eigenvalue weighted by atomic mass is 9.85. The lowest BCUT2D eigenvalue weighted by molar-refractivity contribution is -0.135. The van der Waals surface area contributed by atoms with E-state index in [2.05, 4.69) is 0 Å². The highest BCUT2D eigenvalue weighted by molar-refractivity contribution is 5.91. The Hall–Kier alpha value is -3.28. The van der Waals surface area contributed by atoms with E-state index in [1.165, 1.54) is 0 Å². The van der Waals surface area contributed by atoms with Crippen LogP contribution >= 0.6 is 0 Å². The Bertz CT molecular complexity index is 1120. The smallest absolute Gasteiger partial charge is 0.312 e. The van der Waals surface area contributed by atoms with Gasteiger partial charge in [-0.1, -0.05) is 24.3 Å². The number of ether oxygens (including phenoxy) is 3. The lowest BCUT2D eigenvalue weighted by Gasteiger charge is -2.27. The fourth-order valence-corrected chi connectivity index (χ4v) is 3.78. The molecular weight excluding hydrogens is 346 g/mol. The predicted octanol–water partition coefficient (Wildman–Crippen LogP) is 3.00. The van der Waals surface area contributed by atoms with Gasteiger partial charge in [0.2, 0.25) is 0 Å². The summed E-state index contributed by atoms with van der Waals surface area (Å²) in [6, 6.07) is 12.8. The number of carbonyl (C=O) groups is 1. The number of hydrogen-bond acceptors (Lipinski definition) is 5. The number of benzene rings is 2. The zero-order chi connectivity index (χ0) is 19.1. The third-order valence-electron chi connectivity index (χ3n) is 5.03. The van der Waals surface area contributed by atoms with Crippen LogP contribution in [0.15, 0.2) is 47.3 Å². The molecule has 0 radical (unpaired) electrons. The molecule has 0 saturated carbocycles. The molecule has 0 bridgehead atoms. The van der Waals surface area contributed by atoms with E-state index in [0.29, 0.717) is 28.3 Å². The van der Waals surface area contributed by atoms with Crippen molar-refractivity contribution >= 4 is 16.9 Å². The third kappa shape index (κ3) is 2.56. The average molecular weight is 365 g/mol. The van der Waals surface area contributed by atoms with Gasteiger partial charge in [0, 0.05) is 23.9 Å². The maximum absolute atomic E-state index is 13.2. The minimum absolute atomic E-state index is 0.0596. The van der Waals surface area contributed by atoms with E-state index in [9.17, 15) is 9.59 Å². The molecule has 1 aliphatic heterocycles. The summed E-state index contributed by atoms with van der Waals surface area (Å²) in [5.41, 5.74) is 1.71. The molecule has 0 aliphatic carbocycles. The number of carbonyl (C=O) groups excluding carboxylic acids is 1. The van der Waals surface area contributed by atoms with Gasteiger partial charge in [0.15, 0.2) is 11.5 Å². The molecule has 27 heavy (non-hydrogen) atoms. The van der Waals surface area contributed by atoms with Crippen LogP contribution in [-0.2, 0) is 11.8 Å². The van der Waals surface area contributed by atoms with Crippen molar-refractivity contribution in [2.75, 3.05) is 14.2 Å². The summed E-state index contributed by atoms with van der Waals surface area (Å²) >= 11 is 0. The van der Waals surface area contributed by atoms with E-state index in [1.54, 1.807) is 31.9 Å². The van der Waals surface area contributed by atoms with Gasteiger partial charge in [0.05, 0.1) is 31.7 Å². The fraction of sp³-hybridized carbons (Fsp3) is 0.238. The Morgan fingerprint density at radius 2 is 1.81 bits per heavy atom. The second kappa shape index (κ2) is 6.46. The topological polar surface area (TPSA) is 66.8 Å². The van der Waals surface area contributed by atoms with Crippen LogP contribution in [0.3, 0.4) is 0 Å². The first kappa shape index (κ1) is 17.1. The van der Waals surface area contributed by atoms with Crippen LogP contribution in [0.25, 0.3) is 10.9 Å². The van der Waals surface area contributed by atoms with Crippen molar-refractivity contribution in [3.8, 4) is 17.2 Å². The summed E-state index contributed by atoms with van der Waals surface area (Å²) in [6.45, 7) is 0. The molecule has 2 aromatic carbocycles. The minimum Gasteiger partial charge on any atom is -0.493 e. The normalized spacial score (nSPS) is 16.0. The van der Waals surface area contributed by atoms with Crippen molar-refractivity contribution in [3.05, 3.63) is 63.9 Å². The van der Waals surface area contributed by atoms with Gasteiger partial charge in [0.25, 0.3) is 5.56 Å². The summed E-state index contributed by atoms with van der Waals surface area (Å²) < 4.78 is 18.1. The van der Waals surface area contributed by atoms with Crippen LogP contribution in [0, 0.1) is 0 Å². The quantitative estimate of drug-likeness (QED) is 0.668. The van der Waals surface area contributed by atoms with Crippen molar-refractivity contribution in [3.63, 3.8) is 0 Å². The maximum Gasteiger partial charge on any atom is 0.312 e. The predicted molar refractivity (Wildman–Crippen MR) is 101 cm³/mol. The Morgan fingerprint density at radius 1 is 1.04 bits per heavy atom. The molecule has 1 aromatic heterocycles. The standard InChI is InChI=1S/C21H19NO5/c1-22-15-9-5-4-7-13(15)20-18(21(22)24)14(11-17(23)27-20)12-8-6-10-16(25-2)19(12)26-3/h4-10,14H,11H2,1-3H3. The maximum atomic E-state index is 13.2. The SMILES string of the molecule is COc1cccc(C2CC(=O)Oc3c2c(=O)n(C)c2ccccc32)c1OC. The molecule has 3 aromatic rings. The van der Waals surface area contributed by atoms with Gasteiger partial charge >= 0.3 is 5.97 Å². The molecular formula is C21H19NO5. The van der Waals surface area contributed by atoms with E-state index in [-0.39, 0.29) is 17.9 Å². The first-order chi connectivity index (χ1) is 13.1. The van der Waals surface area contributed by atoms with Gasteiger partial charge in [-0.3, -0.25) is 9.59 Å². The lowest BCUT2D eigenvalue weighted by Crippen LogP contribution is -2.31. The summed E-state index contributed by atoms with van der Waals surface area (Å²) in [4.78, 5) is 25.6. The number of pyridine rings is 1. The highest BCUT2D eigenvalue weighted by Gasteiger charge is 2.35. The Balaban J connectivity index is 2.06. The number of aryl methyl sites for hydroxylation is 1. The molecule has 0 saturated heterocycles. The van der Waals surface area contributed by atoms with Gasteiger partial charge in [0.1, 0.15) is 5.75 Å². The van der Waals surface area contributed by atoms with Gasteiger partial charge in [-0.05, 0) is 18.2 Å². The number of para-hydroxylation sites is 2. The molecule has 4 rings (SSSR count). The van der Waals surface area contributed by atoms with E-state index in [4.69, 9.17) is 14.2 Å². The number of methoxy groups -OCH3 is 2. The van der Waals surface area contributed by atoms with E-state index < -0.39 is 5.92 Å². The van der Waals surface area contributed by atoms with E-state index in [0.717, 1.165) is 10.9 Å². The molecule has 0 amide bonds. The van der Waals surface area contributed by atoms with Crippen molar-refractivity contribution in [2.24, 2.45) is 7.05 Å². The van der Waals surface area contributed by atoms with Crippen LogP contribution in [0.5, 0.6) is 17.2 Å². The molecule has 1 aliphatic rings. The molecule has 1 unspecified atom stereocenters. The van der Waals surface area contributed by atoms with Crippen molar-refractivity contribution in [1.82, 2.24) is 4.57 Å². The molecule has 1 atom stereocenters. The fourth-order valence-electron chi connectivity index (χ4n) is 3.78. The first-order valence-corrected chi connectivity index (χ1v) is 8.60. The Kier molecular flexibility index (Phi) is 4.11. The number of hydrogen-bond donors (Lipinski definition) is 0. The first-order valence-electron chi connectivity index (χ1n) is 8.60. The molecule has 2 heterocycles. The van der Waals surface area contributed by atoms with Crippen molar-refractivity contribution in [2.45, 2.75) is 12.3 Å². The summed E-state index contributed by atoms with van der Waals surface area (Å²) in [6.07, 6.45) is 0.0596. The van der Waals surface area contributed by atoms with Crippen molar-refractivity contribution < 1.29 is 19.0 Å². The zero-order valence-electron chi connectivity index (χ0n) is 15.3. The van der Waals surface area contributed by atoms with Crippen LogP contribution in [-0.4, -0.2) is 24.8 Å². The number of fused-ring (bicyclic) bond motifs is 3.